The van der Waals surface area contributed by atoms with Crippen molar-refractivity contribution in [2.75, 3.05) is 37.0 Å². The zero-order valence-corrected chi connectivity index (χ0v) is 14.4. The summed E-state index contributed by atoms with van der Waals surface area (Å²) in [5, 5.41) is 3.21. The van der Waals surface area contributed by atoms with E-state index >= 15 is 0 Å². The van der Waals surface area contributed by atoms with Gasteiger partial charge in [-0.05, 0) is 20.8 Å². The fourth-order valence-electron chi connectivity index (χ4n) is 2.60. The minimum absolute atomic E-state index is 0.0580. The van der Waals surface area contributed by atoms with Gasteiger partial charge in [0.1, 0.15) is 17.5 Å². The molecule has 0 saturated carbocycles. The van der Waals surface area contributed by atoms with E-state index in [9.17, 15) is 0 Å². The van der Waals surface area contributed by atoms with Crippen LogP contribution in [0.1, 0.15) is 46.0 Å². The number of nitrogens with zero attached hydrogens (tertiary/aromatic N) is 3. The number of hydrogen-bond donors (Lipinski definition) is 1. The van der Waals surface area contributed by atoms with Gasteiger partial charge in [0.2, 0.25) is 0 Å². The lowest BCUT2D eigenvalue weighted by Crippen LogP contribution is -2.54. The molecule has 0 aliphatic carbocycles. The van der Waals surface area contributed by atoms with Crippen molar-refractivity contribution in [3.05, 3.63) is 11.4 Å². The Hall–Kier alpha value is -1.36. The zero-order valence-electron chi connectivity index (χ0n) is 14.4. The lowest BCUT2D eigenvalue weighted by atomic mass is 9.95. The maximum atomic E-state index is 5.63. The lowest BCUT2D eigenvalue weighted by Gasteiger charge is -2.44. The second kappa shape index (κ2) is 5.44. The second-order valence-electron chi connectivity index (χ2n) is 7.36. The Balaban J connectivity index is 2.56. The van der Waals surface area contributed by atoms with E-state index < -0.39 is 0 Å². The lowest BCUT2D eigenvalue weighted by molar-refractivity contribution is 0.0638. The van der Waals surface area contributed by atoms with E-state index in [1.807, 2.05) is 7.05 Å². The predicted molar refractivity (Wildman–Crippen MR) is 87.3 cm³/mol. The summed E-state index contributed by atoms with van der Waals surface area (Å²) in [5.41, 5.74) is 0.961. The molecule has 1 aliphatic heterocycles. The number of aromatic nitrogens is 2. The maximum absolute atomic E-state index is 5.63. The molecule has 0 amide bonds. The molecule has 1 N–H and O–H groups in total. The SMILES string of the molecule is CNc1nc(C(C)(C)C)nc(N2CCOCC2(C)C)c1C. The van der Waals surface area contributed by atoms with Crippen LogP contribution >= 0.6 is 0 Å². The highest BCUT2D eigenvalue weighted by molar-refractivity contribution is 5.60. The first-order valence-electron chi connectivity index (χ1n) is 7.59. The highest BCUT2D eigenvalue weighted by atomic mass is 16.5. The summed E-state index contributed by atoms with van der Waals surface area (Å²) < 4.78 is 5.63. The third kappa shape index (κ3) is 3.12. The highest BCUT2D eigenvalue weighted by Gasteiger charge is 2.34. The summed E-state index contributed by atoms with van der Waals surface area (Å²) in [7, 11) is 1.91. The Bertz CT molecular complexity index is 520. The number of morpholine rings is 1. The van der Waals surface area contributed by atoms with Crippen LogP contribution in [-0.4, -0.2) is 42.3 Å². The summed E-state index contributed by atoms with van der Waals surface area (Å²) >= 11 is 0. The normalized spacial score (nSPS) is 18.7. The van der Waals surface area contributed by atoms with Gasteiger partial charge in [-0.15, -0.1) is 0 Å². The van der Waals surface area contributed by atoms with Crippen molar-refractivity contribution in [1.29, 1.82) is 0 Å². The molecule has 0 aromatic carbocycles. The highest BCUT2D eigenvalue weighted by Crippen LogP contribution is 2.33. The molecule has 118 valence electrons. The summed E-state index contributed by atoms with van der Waals surface area (Å²) in [5.74, 6) is 2.80. The minimum Gasteiger partial charge on any atom is -0.377 e. The van der Waals surface area contributed by atoms with E-state index in [1.54, 1.807) is 0 Å². The van der Waals surface area contributed by atoms with Gasteiger partial charge >= 0.3 is 0 Å². The van der Waals surface area contributed by atoms with E-state index in [-0.39, 0.29) is 11.0 Å². The molecule has 1 aromatic heterocycles. The molecule has 21 heavy (non-hydrogen) atoms. The van der Waals surface area contributed by atoms with E-state index in [2.05, 4.69) is 56.7 Å². The molecule has 0 atom stereocenters. The first-order chi connectivity index (χ1) is 9.66. The first-order valence-corrected chi connectivity index (χ1v) is 7.59. The summed E-state index contributed by atoms with van der Waals surface area (Å²) in [6.45, 7) is 15.2. The van der Waals surface area contributed by atoms with Crippen molar-refractivity contribution >= 4 is 11.6 Å². The van der Waals surface area contributed by atoms with Crippen molar-refractivity contribution < 1.29 is 4.74 Å². The fourth-order valence-corrected chi connectivity index (χ4v) is 2.60. The van der Waals surface area contributed by atoms with E-state index in [0.717, 1.165) is 42.8 Å². The van der Waals surface area contributed by atoms with Gasteiger partial charge in [0, 0.05) is 24.6 Å². The summed E-state index contributed by atoms with van der Waals surface area (Å²) in [6.07, 6.45) is 0. The maximum Gasteiger partial charge on any atom is 0.138 e. The molecule has 1 saturated heterocycles. The molecular formula is C16H28N4O. The number of ether oxygens (including phenoxy) is 1. The van der Waals surface area contributed by atoms with Gasteiger partial charge in [-0.25, -0.2) is 9.97 Å². The Morgan fingerprint density at radius 2 is 1.90 bits per heavy atom. The van der Waals surface area contributed by atoms with Gasteiger partial charge in [-0.1, -0.05) is 20.8 Å². The van der Waals surface area contributed by atoms with Crippen LogP contribution in [0.15, 0.2) is 0 Å². The molecule has 0 bridgehead atoms. The number of hydrogen-bond acceptors (Lipinski definition) is 5. The van der Waals surface area contributed by atoms with E-state index in [1.165, 1.54) is 0 Å². The number of nitrogens with one attached hydrogen (secondary N) is 1. The summed E-state index contributed by atoms with van der Waals surface area (Å²) in [4.78, 5) is 11.9. The average Bonchev–Trinajstić information content (AvgIpc) is 2.38. The van der Waals surface area contributed by atoms with Gasteiger partial charge in [0.25, 0.3) is 0 Å². The summed E-state index contributed by atoms with van der Waals surface area (Å²) in [6, 6.07) is 0. The van der Waals surface area contributed by atoms with Crippen molar-refractivity contribution in [2.45, 2.75) is 52.5 Å². The van der Waals surface area contributed by atoms with Crippen LogP contribution in [0.3, 0.4) is 0 Å². The van der Waals surface area contributed by atoms with E-state index in [4.69, 9.17) is 9.72 Å². The standard InChI is InChI=1S/C16H28N4O/c1-11-12(17-7)18-14(15(2,3)4)19-13(11)20-8-9-21-10-16(20,5)6/h8-10H2,1-7H3,(H,17,18,19). The van der Waals surface area contributed by atoms with Gasteiger partial charge in [0.05, 0.1) is 18.8 Å². The molecule has 2 heterocycles. The van der Waals surface area contributed by atoms with Crippen molar-refractivity contribution in [3.8, 4) is 0 Å². The third-order valence-corrected chi connectivity index (χ3v) is 3.93. The Morgan fingerprint density at radius 1 is 1.24 bits per heavy atom. The van der Waals surface area contributed by atoms with Crippen LogP contribution < -0.4 is 10.2 Å². The number of anilines is 2. The Kier molecular flexibility index (Phi) is 4.15. The Morgan fingerprint density at radius 3 is 2.43 bits per heavy atom. The quantitative estimate of drug-likeness (QED) is 0.908. The van der Waals surface area contributed by atoms with Crippen molar-refractivity contribution in [2.24, 2.45) is 0 Å². The van der Waals surface area contributed by atoms with Crippen LogP contribution in [-0.2, 0) is 10.2 Å². The molecule has 0 unspecified atom stereocenters. The van der Waals surface area contributed by atoms with Crippen LogP contribution in [0, 0.1) is 6.92 Å². The van der Waals surface area contributed by atoms with Crippen molar-refractivity contribution in [1.82, 2.24) is 9.97 Å². The fraction of sp³-hybridized carbons (Fsp3) is 0.750. The van der Waals surface area contributed by atoms with Gasteiger partial charge in [-0.3, -0.25) is 0 Å². The largest absolute Gasteiger partial charge is 0.377 e. The zero-order chi connectivity index (χ0) is 15.8. The second-order valence-corrected chi connectivity index (χ2v) is 7.36. The molecule has 5 heteroatoms. The monoisotopic (exact) mass is 292 g/mol. The number of rotatable bonds is 2. The Labute approximate surface area is 128 Å². The third-order valence-electron chi connectivity index (χ3n) is 3.93. The van der Waals surface area contributed by atoms with Crippen LogP contribution in [0.5, 0.6) is 0 Å². The molecular weight excluding hydrogens is 264 g/mol. The molecule has 5 nitrogen and oxygen atoms in total. The van der Waals surface area contributed by atoms with Crippen LogP contribution in [0.2, 0.25) is 0 Å². The predicted octanol–water partition coefficient (Wildman–Crippen LogP) is 2.74. The van der Waals surface area contributed by atoms with Crippen molar-refractivity contribution in [3.63, 3.8) is 0 Å². The molecule has 1 aliphatic rings. The van der Waals surface area contributed by atoms with Crippen LogP contribution in [0.25, 0.3) is 0 Å². The first kappa shape index (κ1) is 16.0. The molecule has 0 spiro atoms. The molecule has 2 rings (SSSR count). The van der Waals surface area contributed by atoms with E-state index in [0.29, 0.717) is 0 Å². The van der Waals surface area contributed by atoms with Gasteiger partial charge in [0.15, 0.2) is 0 Å². The topological polar surface area (TPSA) is 50.3 Å². The average molecular weight is 292 g/mol. The smallest absolute Gasteiger partial charge is 0.138 e. The molecule has 1 aromatic rings. The molecule has 0 radical (unpaired) electrons. The molecule has 1 fully saturated rings. The van der Waals surface area contributed by atoms with Gasteiger partial charge < -0.3 is 15.0 Å². The van der Waals surface area contributed by atoms with Crippen LogP contribution in [0.4, 0.5) is 11.6 Å². The van der Waals surface area contributed by atoms with Gasteiger partial charge in [-0.2, -0.15) is 0 Å². The minimum atomic E-state index is -0.0789.